The number of amides is 2. The Labute approximate surface area is 159 Å². The molecule has 5 heteroatoms. The molecule has 1 saturated carbocycles. The van der Waals surface area contributed by atoms with Gasteiger partial charge in [-0.2, -0.15) is 0 Å². The zero-order valence-electron chi connectivity index (χ0n) is 15.3. The lowest BCUT2D eigenvalue weighted by Gasteiger charge is -2.24. The zero-order valence-corrected chi connectivity index (χ0v) is 16.1. The highest BCUT2D eigenvalue weighted by atomic mass is 35.5. The molecule has 0 aromatic heterocycles. The van der Waals surface area contributed by atoms with Crippen LogP contribution in [0.2, 0.25) is 5.02 Å². The minimum absolute atomic E-state index is 0.139. The average molecular weight is 371 g/mol. The van der Waals surface area contributed by atoms with E-state index in [0.29, 0.717) is 30.1 Å². The first-order valence-electron chi connectivity index (χ1n) is 8.71. The molecule has 1 aliphatic rings. The van der Waals surface area contributed by atoms with E-state index in [1.807, 2.05) is 56.3 Å². The van der Waals surface area contributed by atoms with Crippen LogP contribution >= 0.6 is 11.6 Å². The highest BCUT2D eigenvalue weighted by Crippen LogP contribution is 2.48. The maximum atomic E-state index is 12.9. The van der Waals surface area contributed by atoms with Crippen LogP contribution in [0.15, 0.2) is 42.5 Å². The number of hydrogen-bond donors (Lipinski definition) is 1. The van der Waals surface area contributed by atoms with Gasteiger partial charge in [0.05, 0.1) is 10.7 Å². The molecule has 1 aliphatic carbocycles. The quantitative estimate of drug-likeness (QED) is 0.796. The molecule has 1 N–H and O–H groups in total. The van der Waals surface area contributed by atoms with Gasteiger partial charge < -0.3 is 10.2 Å². The van der Waals surface area contributed by atoms with Crippen LogP contribution in [0, 0.1) is 19.3 Å². The number of nitrogens with one attached hydrogen (secondary N) is 1. The van der Waals surface area contributed by atoms with Gasteiger partial charge in [-0.3, -0.25) is 9.59 Å². The highest BCUT2D eigenvalue weighted by Gasteiger charge is 2.57. The number of halogens is 1. The van der Waals surface area contributed by atoms with E-state index in [1.165, 1.54) is 0 Å². The summed E-state index contributed by atoms with van der Waals surface area (Å²) >= 11 is 6.29. The van der Waals surface area contributed by atoms with Gasteiger partial charge in [-0.05, 0) is 49.4 Å². The van der Waals surface area contributed by atoms with E-state index in [2.05, 4.69) is 5.32 Å². The molecule has 0 bridgehead atoms. The summed E-state index contributed by atoms with van der Waals surface area (Å²) in [5.74, 6) is -0.406. The van der Waals surface area contributed by atoms with Crippen molar-refractivity contribution in [2.24, 2.45) is 5.41 Å². The van der Waals surface area contributed by atoms with Gasteiger partial charge in [-0.25, -0.2) is 0 Å². The Hall–Kier alpha value is -2.33. The number of anilines is 1. The van der Waals surface area contributed by atoms with E-state index in [-0.39, 0.29) is 11.8 Å². The van der Waals surface area contributed by atoms with E-state index in [4.69, 9.17) is 11.6 Å². The lowest BCUT2D eigenvalue weighted by Crippen LogP contribution is -2.40. The lowest BCUT2D eigenvalue weighted by molar-refractivity contribution is -0.141. The maximum absolute atomic E-state index is 12.9. The molecule has 0 atom stereocenters. The smallest absolute Gasteiger partial charge is 0.240 e. The molecule has 0 unspecified atom stereocenters. The Kier molecular flexibility index (Phi) is 5.05. The molecule has 0 aliphatic heterocycles. The van der Waals surface area contributed by atoms with Gasteiger partial charge in [0.25, 0.3) is 0 Å². The van der Waals surface area contributed by atoms with E-state index in [1.54, 1.807) is 11.9 Å². The van der Waals surface area contributed by atoms with Crippen LogP contribution in [0.5, 0.6) is 0 Å². The molecule has 26 heavy (non-hydrogen) atoms. The predicted octanol–water partition coefficient (Wildman–Crippen LogP) is 4.33. The number of aryl methyl sites for hydroxylation is 2. The third-order valence-corrected chi connectivity index (χ3v) is 5.17. The molecule has 2 aromatic rings. The summed E-state index contributed by atoms with van der Waals surface area (Å²) < 4.78 is 0. The molecule has 2 amide bonds. The second-order valence-corrected chi connectivity index (χ2v) is 7.53. The van der Waals surface area contributed by atoms with Crippen molar-refractivity contribution in [3.8, 4) is 0 Å². The van der Waals surface area contributed by atoms with Gasteiger partial charge >= 0.3 is 0 Å². The van der Waals surface area contributed by atoms with Crippen molar-refractivity contribution < 1.29 is 9.59 Å². The van der Waals surface area contributed by atoms with Crippen molar-refractivity contribution in [2.45, 2.75) is 33.2 Å². The Balaban J connectivity index is 1.74. The van der Waals surface area contributed by atoms with Crippen LogP contribution < -0.4 is 5.32 Å². The fourth-order valence-electron chi connectivity index (χ4n) is 3.26. The third kappa shape index (κ3) is 3.61. The van der Waals surface area contributed by atoms with Crippen molar-refractivity contribution in [3.63, 3.8) is 0 Å². The molecular formula is C21H23ClN2O2. The molecule has 3 rings (SSSR count). The number of hydrogen-bond acceptors (Lipinski definition) is 2. The van der Waals surface area contributed by atoms with Gasteiger partial charge in [0.15, 0.2) is 0 Å². The molecular weight excluding hydrogens is 348 g/mol. The van der Waals surface area contributed by atoms with Crippen LogP contribution in [-0.4, -0.2) is 23.8 Å². The van der Waals surface area contributed by atoms with Crippen LogP contribution in [-0.2, 0) is 16.1 Å². The van der Waals surface area contributed by atoms with Gasteiger partial charge in [-0.15, -0.1) is 0 Å². The van der Waals surface area contributed by atoms with Crippen molar-refractivity contribution in [3.05, 3.63) is 64.2 Å². The van der Waals surface area contributed by atoms with E-state index in [0.717, 1.165) is 16.7 Å². The number of rotatable bonds is 5. The molecule has 0 spiro atoms. The van der Waals surface area contributed by atoms with Gasteiger partial charge in [0.2, 0.25) is 11.8 Å². The monoisotopic (exact) mass is 370 g/mol. The summed E-state index contributed by atoms with van der Waals surface area (Å²) in [6.45, 7) is 4.34. The second kappa shape index (κ2) is 7.12. The first kappa shape index (κ1) is 18.5. The van der Waals surface area contributed by atoms with Gasteiger partial charge in [0.1, 0.15) is 5.41 Å². The largest absolute Gasteiger partial charge is 0.340 e. The van der Waals surface area contributed by atoms with Crippen molar-refractivity contribution in [1.29, 1.82) is 0 Å². The third-order valence-electron chi connectivity index (χ3n) is 4.87. The summed E-state index contributed by atoms with van der Waals surface area (Å²) in [5.41, 5.74) is 2.59. The first-order valence-corrected chi connectivity index (χ1v) is 9.09. The maximum Gasteiger partial charge on any atom is 0.240 e. The topological polar surface area (TPSA) is 49.4 Å². The number of carbonyl (C=O) groups excluding carboxylic acids is 2. The summed E-state index contributed by atoms with van der Waals surface area (Å²) in [5, 5.41) is 3.39. The van der Waals surface area contributed by atoms with Gasteiger partial charge in [0, 0.05) is 13.6 Å². The minimum Gasteiger partial charge on any atom is -0.340 e. The number of nitrogens with zero attached hydrogens (tertiary/aromatic N) is 1. The Morgan fingerprint density at radius 3 is 2.38 bits per heavy atom. The van der Waals surface area contributed by atoms with Gasteiger partial charge in [-0.1, -0.05) is 48.0 Å². The normalized spacial score (nSPS) is 14.6. The van der Waals surface area contributed by atoms with Crippen LogP contribution in [0.4, 0.5) is 5.69 Å². The Bertz CT molecular complexity index is 821. The van der Waals surface area contributed by atoms with E-state index in [9.17, 15) is 9.59 Å². The van der Waals surface area contributed by atoms with Crippen LogP contribution in [0.3, 0.4) is 0 Å². The van der Waals surface area contributed by atoms with E-state index < -0.39 is 5.41 Å². The zero-order chi connectivity index (χ0) is 18.9. The number of benzene rings is 2. The molecule has 0 saturated heterocycles. The van der Waals surface area contributed by atoms with Crippen molar-refractivity contribution in [2.75, 3.05) is 12.4 Å². The molecule has 0 radical (unpaired) electrons. The fraction of sp³-hybridized carbons (Fsp3) is 0.333. The van der Waals surface area contributed by atoms with Crippen LogP contribution in [0.25, 0.3) is 0 Å². The standard InChI is InChI=1S/C21H23ClN2O2/c1-14-11-15(2)18(17(22)12-14)23-19(25)21(9-10-21)20(26)24(3)13-16-7-5-4-6-8-16/h4-8,11-12H,9-10,13H2,1-3H3,(H,23,25). The fourth-order valence-corrected chi connectivity index (χ4v) is 3.63. The first-order chi connectivity index (χ1) is 12.3. The Morgan fingerprint density at radius 1 is 1.15 bits per heavy atom. The summed E-state index contributed by atoms with van der Waals surface area (Å²) in [6, 6.07) is 13.5. The van der Waals surface area contributed by atoms with Crippen molar-refractivity contribution in [1.82, 2.24) is 4.90 Å². The summed E-state index contributed by atoms with van der Waals surface area (Å²) in [6.07, 6.45) is 1.14. The summed E-state index contributed by atoms with van der Waals surface area (Å²) in [4.78, 5) is 27.4. The van der Waals surface area contributed by atoms with Crippen molar-refractivity contribution >= 4 is 29.1 Å². The summed E-state index contributed by atoms with van der Waals surface area (Å²) in [7, 11) is 1.74. The average Bonchev–Trinajstić information content (AvgIpc) is 3.40. The molecule has 2 aromatic carbocycles. The molecule has 0 heterocycles. The minimum atomic E-state index is -0.968. The number of carbonyl (C=O) groups is 2. The molecule has 136 valence electrons. The van der Waals surface area contributed by atoms with E-state index >= 15 is 0 Å². The van der Waals surface area contributed by atoms with Crippen LogP contribution in [0.1, 0.15) is 29.5 Å². The SMILES string of the molecule is Cc1cc(C)c(NC(=O)C2(C(=O)N(C)Cc3ccccc3)CC2)c(Cl)c1. The molecule has 1 fully saturated rings. The Morgan fingerprint density at radius 2 is 1.81 bits per heavy atom. The highest BCUT2D eigenvalue weighted by molar-refractivity contribution is 6.34. The molecule has 4 nitrogen and oxygen atoms in total. The predicted molar refractivity (Wildman–Crippen MR) is 104 cm³/mol. The second-order valence-electron chi connectivity index (χ2n) is 7.12. The lowest BCUT2D eigenvalue weighted by atomic mass is 10.0.